The molecule has 2 fully saturated rings. The third-order valence-corrected chi connectivity index (χ3v) is 5.37. The van der Waals surface area contributed by atoms with E-state index in [0.29, 0.717) is 19.6 Å². The quantitative estimate of drug-likeness (QED) is 0.866. The molecule has 1 saturated carbocycles. The molecule has 1 aromatic heterocycles. The fourth-order valence-electron chi connectivity index (χ4n) is 3.64. The Kier molecular flexibility index (Phi) is 4.40. The van der Waals surface area contributed by atoms with Crippen molar-refractivity contribution in [1.82, 2.24) is 15.1 Å². The molecule has 28 heavy (non-hydrogen) atoms. The first-order valence-electron chi connectivity index (χ1n) is 8.99. The van der Waals surface area contributed by atoms with Crippen molar-refractivity contribution in [2.45, 2.75) is 31.7 Å². The molecule has 4 rings (SSSR count). The van der Waals surface area contributed by atoms with E-state index in [4.69, 9.17) is 0 Å². The highest BCUT2D eigenvalue weighted by molar-refractivity contribution is 5.83. The van der Waals surface area contributed by atoms with E-state index in [1.54, 1.807) is 22.8 Å². The number of amides is 1. The molecule has 2 heterocycles. The Morgan fingerprint density at radius 1 is 1.29 bits per heavy atom. The number of benzene rings is 1. The maximum atomic E-state index is 13.6. The molecule has 0 bridgehead atoms. The molecule has 1 aromatic carbocycles. The molecule has 1 unspecified atom stereocenters. The molecule has 0 radical (unpaired) electrons. The Bertz CT molecular complexity index is 991. The highest BCUT2D eigenvalue weighted by Crippen LogP contribution is 2.56. The predicted octanol–water partition coefficient (Wildman–Crippen LogP) is 2.19. The zero-order valence-electron chi connectivity index (χ0n) is 15.2. The topological polar surface area (TPSA) is 69.3 Å². The molecule has 148 valence electrons. The second-order valence-corrected chi connectivity index (χ2v) is 7.32. The average Bonchev–Trinajstić information content (AvgIpc) is 3.26. The predicted molar refractivity (Wildman–Crippen MR) is 95.9 cm³/mol. The fourth-order valence-corrected chi connectivity index (χ4v) is 3.64. The van der Waals surface area contributed by atoms with Crippen LogP contribution in [-0.4, -0.2) is 46.6 Å². The third kappa shape index (κ3) is 3.36. The molecule has 6 nitrogen and oxygen atoms in total. The van der Waals surface area contributed by atoms with Gasteiger partial charge in [0.15, 0.2) is 0 Å². The van der Waals surface area contributed by atoms with E-state index in [1.807, 2.05) is 0 Å². The molecule has 2 aliphatic rings. The lowest BCUT2D eigenvalue weighted by Gasteiger charge is -2.36. The van der Waals surface area contributed by atoms with Gasteiger partial charge < -0.3 is 9.80 Å². The number of hydrogen-bond donors (Lipinski definition) is 1. The van der Waals surface area contributed by atoms with Gasteiger partial charge in [0, 0.05) is 26.1 Å². The molecular formula is C19H19F3N4O2. The molecule has 1 saturated heterocycles. The number of aromatic amines is 1. The van der Waals surface area contributed by atoms with Gasteiger partial charge in [-0.2, -0.15) is 5.10 Å². The highest BCUT2D eigenvalue weighted by Gasteiger charge is 2.59. The molecule has 9 heteroatoms. The first kappa shape index (κ1) is 18.5. The summed E-state index contributed by atoms with van der Waals surface area (Å²) in [6.07, 6.45) is 0.961. The van der Waals surface area contributed by atoms with E-state index in [2.05, 4.69) is 10.2 Å². The lowest BCUT2D eigenvalue weighted by molar-refractivity contribution is -0.131. The van der Waals surface area contributed by atoms with E-state index in [1.165, 1.54) is 18.3 Å². The molecule has 1 aliphatic carbocycles. The van der Waals surface area contributed by atoms with Gasteiger partial charge in [0.05, 0.1) is 29.9 Å². The first-order valence-corrected chi connectivity index (χ1v) is 8.99. The number of nitrogens with zero attached hydrogens (tertiary/aromatic N) is 3. The molecule has 1 amide bonds. The molecule has 1 atom stereocenters. The standard InChI is InChI=1S/C19H19F3N4O2/c1-11-6-13(20)3-2-12(11)9-26-5-4-25(10-16(26)27)15-8-23-24-18(28)17(15)14-7-19(14,21)22/h2-3,6,8,14H,4-5,7,9-10H2,1H3,(H,24,28). The number of piperazine rings is 1. The number of H-pyrrole nitrogens is 1. The number of carbonyl (C=O) groups excluding carboxylic acids is 1. The number of halogens is 3. The lowest BCUT2D eigenvalue weighted by atomic mass is 10.1. The minimum Gasteiger partial charge on any atom is -0.359 e. The van der Waals surface area contributed by atoms with Gasteiger partial charge >= 0.3 is 0 Å². The van der Waals surface area contributed by atoms with Gasteiger partial charge in [-0.15, -0.1) is 0 Å². The van der Waals surface area contributed by atoms with Crippen LogP contribution in [-0.2, 0) is 11.3 Å². The molecular weight excluding hydrogens is 373 g/mol. The lowest BCUT2D eigenvalue weighted by Crippen LogP contribution is -2.50. The van der Waals surface area contributed by atoms with E-state index in [9.17, 15) is 22.8 Å². The average molecular weight is 392 g/mol. The summed E-state index contributed by atoms with van der Waals surface area (Å²) in [5.74, 6) is -4.55. The maximum Gasteiger partial charge on any atom is 0.269 e. The number of aromatic nitrogens is 2. The van der Waals surface area contributed by atoms with Crippen LogP contribution >= 0.6 is 0 Å². The number of anilines is 1. The first-order chi connectivity index (χ1) is 13.3. The van der Waals surface area contributed by atoms with Crippen molar-refractivity contribution in [3.05, 3.63) is 57.3 Å². The largest absolute Gasteiger partial charge is 0.359 e. The second-order valence-electron chi connectivity index (χ2n) is 7.32. The fraction of sp³-hybridized carbons (Fsp3) is 0.421. The number of hydrogen-bond acceptors (Lipinski definition) is 4. The monoisotopic (exact) mass is 392 g/mol. The van der Waals surface area contributed by atoms with Crippen LogP contribution < -0.4 is 10.5 Å². The molecule has 1 N–H and O–H groups in total. The van der Waals surface area contributed by atoms with E-state index in [-0.39, 0.29) is 35.9 Å². The van der Waals surface area contributed by atoms with Gasteiger partial charge in [-0.05, 0) is 30.2 Å². The Balaban J connectivity index is 1.52. The van der Waals surface area contributed by atoms with Crippen molar-refractivity contribution in [3.8, 4) is 0 Å². The molecule has 1 aliphatic heterocycles. The number of nitrogens with one attached hydrogen (secondary N) is 1. The summed E-state index contributed by atoms with van der Waals surface area (Å²) in [6, 6.07) is 4.42. The van der Waals surface area contributed by atoms with E-state index >= 15 is 0 Å². The van der Waals surface area contributed by atoms with Crippen LogP contribution in [0.5, 0.6) is 0 Å². The summed E-state index contributed by atoms with van der Waals surface area (Å²) in [5.41, 5.74) is 1.25. The van der Waals surface area contributed by atoms with Crippen LogP contribution in [0.25, 0.3) is 0 Å². The smallest absolute Gasteiger partial charge is 0.269 e. The van der Waals surface area contributed by atoms with Gasteiger partial charge in [0.2, 0.25) is 5.91 Å². The van der Waals surface area contributed by atoms with E-state index < -0.39 is 17.4 Å². The Morgan fingerprint density at radius 2 is 2.04 bits per heavy atom. The van der Waals surface area contributed by atoms with Crippen LogP contribution in [0.2, 0.25) is 0 Å². The summed E-state index contributed by atoms with van der Waals surface area (Å²) in [5, 5.41) is 5.94. The summed E-state index contributed by atoms with van der Waals surface area (Å²) in [6.45, 7) is 2.85. The Morgan fingerprint density at radius 3 is 2.68 bits per heavy atom. The van der Waals surface area contributed by atoms with Crippen molar-refractivity contribution in [1.29, 1.82) is 0 Å². The van der Waals surface area contributed by atoms with Crippen LogP contribution in [0, 0.1) is 12.7 Å². The minimum atomic E-state index is -2.89. The van der Waals surface area contributed by atoms with Gasteiger partial charge in [0.1, 0.15) is 5.82 Å². The minimum absolute atomic E-state index is 0.00405. The SMILES string of the molecule is Cc1cc(F)ccc1CN1CCN(c2cn[nH]c(=O)c2C2CC2(F)F)CC1=O. The maximum absolute atomic E-state index is 13.6. The normalized spacial score (nSPS) is 21.1. The second kappa shape index (κ2) is 6.65. The number of aryl methyl sites for hydroxylation is 1. The third-order valence-electron chi connectivity index (χ3n) is 5.37. The van der Waals surface area contributed by atoms with Crippen molar-refractivity contribution in [2.24, 2.45) is 0 Å². The number of carbonyl (C=O) groups is 1. The summed E-state index contributed by atoms with van der Waals surface area (Å²) >= 11 is 0. The van der Waals surface area contributed by atoms with Gasteiger partial charge in [-0.25, -0.2) is 18.3 Å². The van der Waals surface area contributed by atoms with Crippen molar-refractivity contribution >= 4 is 11.6 Å². The Labute approximate surface area is 159 Å². The number of alkyl halides is 2. The summed E-state index contributed by atoms with van der Waals surface area (Å²) in [4.78, 5) is 28.0. The van der Waals surface area contributed by atoms with Crippen LogP contribution in [0.15, 0.2) is 29.2 Å². The zero-order chi connectivity index (χ0) is 20.1. The van der Waals surface area contributed by atoms with Crippen LogP contribution in [0.4, 0.5) is 18.9 Å². The van der Waals surface area contributed by atoms with Gasteiger partial charge in [-0.3, -0.25) is 9.59 Å². The van der Waals surface area contributed by atoms with Crippen molar-refractivity contribution in [2.75, 3.05) is 24.5 Å². The van der Waals surface area contributed by atoms with E-state index in [0.717, 1.165) is 11.1 Å². The zero-order valence-corrected chi connectivity index (χ0v) is 15.2. The molecule has 0 spiro atoms. The Hall–Kier alpha value is -2.84. The van der Waals surface area contributed by atoms with Crippen LogP contribution in [0.1, 0.15) is 29.0 Å². The van der Waals surface area contributed by atoms with Crippen molar-refractivity contribution < 1.29 is 18.0 Å². The van der Waals surface area contributed by atoms with Crippen molar-refractivity contribution in [3.63, 3.8) is 0 Å². The van der Waals surface area contributed by atoms with Crippen LogP contribution in [0.3, 0.4) is 0 Å². The van der Waals surface area contributed by atoms with Gasteiger partial charge in [-0.1, -0.05) is 6.07 Å². The summed E-state index contributed by atoms with van der Waals surface area (Å²) < 4.78 is 40.4. The summed E-state index contributed by atoms with van der Waals surface area (Å²) in [7, 11) is 0. The molecule has 2 aromatic rings. The van der Waals surface area contributed by atoms with Gasteiger partial charge in [0.25, 0.3) is 11.5 Å². The number of rotatable bonds is 4. The highest BCUT2D eigenvalue weighted by atomic mass is 19.3.